The van der Waals surface area contributed by atoms with E-state index >= 15 is 0 Å². The predicted octanol–water partition coefficient (Wildman–Crippen LogP) is 9.97. The SMILES string of the molecule is CCC/C(=C\c1ccccc1O)CC[C@H]1OB(O)C[C@H]2C1=C(CO[Si](c1ccccc1)(c1ccccc1)C(C)(C)C)C[C@H]1C(=O)N(c3cc(C(F)(F)F)cc(C(F)(F)F)c3)C(=O)[C@H]12. The van der Waals surface area contributed by atoms with Gasteiger partial charge in [-0.15, -0.1) is 0 Å². The highest BCUT2D eigenvalue weighted by molar-refractivity contribution is 6.99. The number of benzene rings is 4. The van der Waals surface area contributed by atoms with E-state index < -0.39 is 85.3 Å². The Kier molecular flexibility index (Phi) is 13.1. The summed E-state index contributed by atoms with van der Waals surface area (Å²) in [6.07, 6.45) is -7.29. The second-order valence-electron chi connectivity index (χ2n) is 17.7. The van der Waals surface area contributed by atoms with E-state index in [2.05, 4.69) is 20.8 Å². The van der Waals surface area contributed by atoms with Crippen LogP contribution in [0.2, 0.25) is 11.4 Å². The second-order valence-corrected chi connectivity index (χ2v) is 22.0. The number of carbonyl (C=O) groups is 2. The lowest BCUT2D eigenvalue weighted by Gasteiger charge is -2.46. The van der Waals surface area contributed by atoms with Crippen LogP contribution in [0.5, 0.6) is 5.75 Å². The lowest BCUT2D eigenvalue weighted by atomic mass is 9.58. The third kappa shape index (κ3) is 9.20. The molecule has 0 radical (unpaired) electrons. The number of carbonyl (C=O) groups excluding carboxylic acids is 2. The van der Waals surface area contributed by atoms with Gasteiger partial charge in [-0.1, -0.05) is 125 Å². The molecule has 2 fully saturated rings. The Bertz CT molecular complexity index is 2310. The number of phenolic OH excluding ortho intramolecular Hbond substituents is 1. The Hall–Kier alpha value is -4.96. The zero-order valence-corrected chi connectivity index (χ0v) is 36.5. The molecule has 7 nitrogen and oxygen atoms in total. The lowest BCUT2D eigenvalue weighted by molar-refractivity contribution is -0.143. The second kappa shape index (κ2) is 17.9. The molecule has 1 aliphatic carbocycles. The quantitative estimate of drug-likeness (QED) is 0.0637. The molecule has 0 aromatic heterocycles. The van der Waals surface area contributed by atoms with Crippen LogP contribution in [0.25, 0.3) is 6.08 Å². The monoisotopic (exact) mass is 889 g/mol. The number of nitrogens with zero attached hydrogens (tertiary/aromatic N) is 1. The summed E-state index contributed by atoms with van der Waals surface area (Å²) in [5.74, 6) is -4.99. The molecule has 4 atom stereocenters. The first-order valence-electron chi connectivity index (χ1n) is 21.2. The fraction of sp³-hybridized carbons (Fsp3) is 0.375. The van der Waals surface area contributed by atoms with Gasteiger partial charge in [0.15, 0.2) is 0 Å². The highest BCUT2D eigenvalue weighted by atomic mass is 28.4. The van der Waals surface area contributed by atoms with Gasteiger partial charge in [-0.3, -0.25) is 9.59 Å². The fourth-order valence-corrected chi connectivity index (χ4v) is 14.5. The molecule has 2 heterocycles. The Morgan fingerprint density at radius 2 is 1.40 bits per heavy atom. The van der Waals surface area contributed by atoms with Crippen molar-refractivity contribution in [2.75, 3.05) is 11.5 Å². The normalized spacial score (nSPS) is 21.2. The molecule has 63 heavy (non-hydrogen) atoms. The van der Waals surface area contributed by atoms with Crippen molar-refractivity contribution in [1.29, 1.82) is 0 Å². The Labute approximate surface area is 364 Å². The van der Waals surface area contributed by atoms with Crippen LogP contribution < -0.4 is 15.3 Å². The standard InChI is InChI=1S/C48H50BF6NO6Si/c1-5-14-30(23-31-15-12-13-20-40(31)57)21-22-41-42-32(29-61-63(46(2,3)4,36-16-8-6-9-17-36)37-18-10-7-11-19-37)24-38-43(39(42)28-49(60)62-41)45(59)56(44(38)58)35-26-33(47(50,51)52)25-34(27-35)48(53,54)55/h6-13,15-20,23,25-27,38-39,41,43,57,60H,5,14,21-22,24,28-29H2,1-4H3/b30-23+/t38-,39+,41-,43-/m1/s1. The van der Waals surface area contributed by atoms with Crippen molar-refractivity contribution >= 4 is 49.4 Å². The van der Waals surface area contributed by atoms with Crippen LogP contribution in [-0.2, 0) is 31.0 Å². The maximum atomic E-state index is 14.6. The number of para-hydroxylation sites is 1. The van der Waals surface area contributed by atoms with Crippen molar-refractivity contribution < 1.29 is 55.1 Å². The summed E-state index contributed by atoms with van der Waals surface area (Å²) in [7, 11) is -4.63. The van der Waals surface area contributed by atoms with Crippen LogP contribution in [-0.4, -0.2) is 50.1 Å². The maximum Gasteiger partial charge on any atom is 0.455 e. The molecule has 15 heteroatoms. The molecule has 2 aliphatic heterocycles. The third-order valence-corrected chi connectivity index (χ3v) is 17.6. The van der Waals surface area contributed by atoms with Gasteiger partial charge in [-0.2, -0.15) is 26.3 Å². The van der Waals surface area contributed by atoms with Gasteiger partial charge < -0.3 is 19.2 Å². The molecule has 7 rings (SSSR count). The number of halogens is 6. The Balaban J connectivity index is 1.35. The van der Waals surface area contributed by atoms with Gasteiger partial charge in [0.2, 0.25) is 11.8 Å². The summed E-state index contributed by atoms with van der Waals surface area (Å²) in [5.41, 5.74) is -1.24. The first-order valence-corrected chi connectivity index (χ1v) is 23.1. The van der Waals surface area contributed by atoms with Gasteiger partial charge in [0.1, 0.15) is 5.75 Å². The number of anilines is 1. The minimum atomic E-state index is -5.21. The molecule has 2 N–H and O–H groups in total. The number of fused-ring (bicyclic) bond motifs is 3. The molecule has 4 aromatic carbocycles. The molecule has 3 aliphatic rings. The zero-order chi connectivity index (χ0) is 45.5. The molecule has 2 amide bonds. The summed E-state index contributed by atoms with van der Waals surface area (Å²) >= 11 is 0. The molecule has 0 saturated carbocycles. The largest absolute Gasteiger partial charge is 0.507 e. The van der Waals surface area contributed by atoms with Crippen molar-refractivity contribution in [3.63, 3.8) is 0 Å². The summed E-state index contributed by atoms with van der Waals surface area (Å²) < 4.78 is 98.1. The molecule has 2 saturated heterocycles. The third-order valence-electron chi connectivity index (χ3n) is 12.6. The van der Waals surface area contributed by atoms with E-state index in [4.69, 9.17) is 9.08 Å². The smallest absolute Gasteiger partial charge is 0.455 e. The zero-order valence-electron chi connectivity index (χ0n) is 35.5. The van der Waals surface area contributed by atoms with Crippen LogP contribution in [0, 0.1) is 17.8 Å². The highest BCUT2D eigenvalue weighted by Gasteiger charge is 2.59. The predicted molar refractivity (Wildman–Crippen MR) is 233 cm³/mol. The van der Waals surface area contributed by atoms with Crippen molar-refractivity contribution in [2.45, 2.75) is 89.6 Å². The van der Waals surface area contributed by atoms with Crippen LogP contribution in [0.3, 0.4) is 0 Å². The van der Waals surface area contributed by atoms with Crippen LogP contribution >= 0.6 is 0 Å². The topological polar surface area (TPSA) is 96.3 Å². The van der Waals surface area contributed by atoms with Gasteiger partial charge in [-0.25, -0.2) is 4.90 Å². The average Bonchev–Trinajstić information content (AvgIpc) is 3.48. The molecular weight excluding hydrogens is 839 g/mol. The van der Waals surface area contributed by atoms with Gasteiger partial charge in [0.05, 0.1) is 41.4 Å². The number of amides is 2. The van der Waals surface area contributed by atoms with Gasteiger partial charge in [0.25, 0.3) is 8.32 Å². The first kappa shape index (κ1) is 46.0. The highest BCUT2D eigenvalue weighted by Crippen LogP contribution is 2.53. The molecule has 0 bridgehead atoms. The number of hydrogen-bond donors (Lipinski definition) is 2. The minimum Gasteiger partial charge on any atom is -0.507 e. The minimum absolute atomic E-state index is 0.0307. The van der Waals surface area contributed by atoms with Crippen molar-refractivity contribution in [2.24, 2.45) is 17.8 Å². The van der Waals surface area contributed by atoms with Crippen LogP contribution in [0.4, 0.5) is 32.0 Å². The number of allylic oxidation sites excluding steroid dienone is 1. The van der Waals surface area contributed by atoms with E-state index in [-0.39, 0.29) is 31.2 Å². The van der Waals surface area contributed by atoms with Crippen molar-refractivity contribution in [3.8, 4) is 5.75 Å². The fourth-order valence-electron chi connectivity index (χ4n) is 9.91. The van der Waals surface area contributed by atoms with E-state index in [0.717, 1.165) is 22.4 Å². The van der Waals surface area contributed by atoms with E-state index in [1.807, 2.05) is 79.7 Å². The molecular formula is C48H50BF6NO6Si. The van der Waals surface area contributed by atoms with E-state index in [0.29, 0.717) is 53.0 Å². The number of imide groups is 1. The van der Waals surface area contributed by atoms with Gasteiger partial charge in [-0.05, 0) is 88.7 Å². The van der Waals surface area contributed by atoms with Crippen LogP contribution in [0.15, 0.2) is 120 Å². The van der Waals surface area contributed by atoms with E-state index in [9.17, 15) is 46.1 Å². The Morgan fingerprint density at radius 1 is 0.825 bits per heavy atom. The summed E-state index contributed by atoms with van der Waals surface area (Å²) in [6.45, 7) is 8.31. The van der Waals surface area contributed by atoms with Crippen LogP contribution in [0.1, 0.15) is 76.5 Å². The van der Waals surface area contributed by atoms with Crippen molar-refractivity contribution in [1.82, 2.24) is 0 Å². The maximum absolute atomic E-state index is 14.6. The number of aromatic hydroxyl groups is 1. The lowest BCUT2D eigenvalue weighted by Crippen LogP contribution is -2.66. The van der Waals surface area contributed by atoms with E-state index in [1.165, 1.54) is 0 Å². The molecule has 4 aromatic rings. The average molecular weight is 890 g/mol. The number of rotatable bonds is 12. The number of hydrogen-bond acceptors (Lipinski definition) is 6. The molecule has 0 unspecified atom stereocenters. The molecule has 0 spiro atoms. The molecule has 332 valence electrons. The van der Waals surface area contributed by atoms with Gasteiger partial charge in [0, 0.05) is 5.56 Å². The van der Waals surface area contributed by atoms with Crippen molar-refractivity contribution in [3.05, 3.63) is 137 Å². The first-order chi connectivity index (χ1) is 29.7. The van der Waals surface area contributed by atoms with E-state index in [1.54, 1.807) is 18.2 Å². The number of alkyl halides is 6. The Morgan fingerprint density at radius 3 is 1.94 bits per heavy atom. The summed E-state index contributed by atoms with van der Waals surface area (Å²) in [4.78, 5) is 29.6. The summed E-state index contributed by atoms with van der Waals surface area (Å²) in [5, 5.41) is 23.4. The van der Waals surface area contributed by atoms with Gasteiger partial charge >= 0.3 is 19.5 Å². The number of phenols is 1. The summed E-state index contributed by atoms with van der Waals surface area (Å²) in [6, 6.07) is 27.4.